The van der Waals surface area contributed by atoms with Crippen molar-refractivity contribution in [1.82, 2.24) is 0 Å². The number of rotatable bonds is 4. The van der Waals surface area contributed by atoms with E-state index in [1.165, 1.54) is 26.4 Å². The van der Waals surface area contributed by atoms with E-state index in [-0.39, 0.29) is 22.7 Å². The molecule has 6 heteroatoms. The molecular formula is C9H9NO5. The van der Waals surface area contributed by atoms with Crippen LogP contribution in [0.25, 0.3) is 0 Å². The summed E-state index contributed by atoms with van der Waals surface area (Å²) in [6.45, 7) is 0. The number of nitro groups is 1. The lowest BCUT2D eigenvalue weighted by Gasteiger charge is -2.08. The number of methoxy groups -OCH3 is 2. The number of hydrogen-bond acceptors (Lipinski definition) is 5. The standard InChI is InChI=1S/C9H9NO5/c1-14-8-4-3-7(10(12)13)6(5-11)9(8)15-2/h3-5H,1-2H3. The number of carbonyl (C=O) groups is 1. The zero-order valence-electron chi connectivity index (χ0n) is 8.22. The summed E-state index contributed by atoms with van der Waals surface area (Å²) >= 11 is 0. The van der Waals surface area contributed by atoms with Gasteiger partial charge < -0.3 is 9.47 Å². The van der Waals surface area contributed by atoms with Crippen LogP contribution in [0.5, 0.6) is 11.5 Å². The highest BCUT2D eigenvalue weighted by atomic mass is 16.6. The lowest BCUT2D eigenvalue weighted by atomic mass is 10.1. The number of nitrogens with zero attached hydrogens (tertiary/aromatic N) is 1. The monoisotopic (exact) mass is 211 g/mol. The van der Waals surface area contributed by atoms with Gasteiger partial charge >= 0.3 is 0 Å². The molecule has 0 atom stereocenters. The van der Waals surface area contributed by atoms with Crippen molar-refractivity contribution in [1.29, 1.82) is 0 Å². The second-order valence-corrected chi connectivity index (χ2v) is 2.61. The molecule has 0 saturated carbocycles. The Morgan fingerprint density at radius 2 is 2.00 bits per heavy atom. The third kappa shape index (κ3) is 1.88. The lowest BCUT2D eigenvalue weighted by Crippen LogP contribution is -2.00. The van der Waals surface area contributed by atoms with Gasteiger partial charge in [0.05, 0.1) is 19.1 Å². The summed E-state index contributed by atoms with van der Waals surface area (Å²) in [7, 11) is 2.70. The van der Waals surface area contributed by atoms with Crippen LogP contribution in [-0.4, -0.2) is 25.4 Å². The molecule has 15 heavy (non-hydrogen) atoms. The summed E-state index contributed by atoms with van der Waals surface area (Å²) < 4.78 is 9.80. The zero-order valence-corrected chi connectivity index (χ0v) is 8.22. The van der Waals surface area contributed by atoms with Crippen molar-refractivity contribution in [2.24, 2.45) is 0 Å². The first kappa shape index (κ1) is 11.0. The summed E-state index contributed by atoms with van der Waals surface area (Å²) in [6.07, 6.45) is 0.374. The van der Waals surface area contributed by atoms with Crippen LogP contribution < -0.4 is 9.47 Å². The molecule has 0 heterocycles. The van der Waals surface area contributed by atoms with Gasteiger partial charge in [0.2, 0.25) is 0 Å². The fourth-order valence-corrected chi connectivity index (χ4v) is 1.21. The molecule has 0 aliphatic carbocycles. The highest BCUT2D eigenvalue weighted by Crippen LogP contribution is 2.35. The van der Waals surface area contributed by atoms with E-state index in [1.54, 1.807) is 0 Å². The number of ether oxygens (including phenoxy) is 2. The Morgan fingerprint density at radius 3 is 2.40 bits per heavy atom. The van der Waals surface area contributed by atoms with Crippen LogP contribution >= 0.6 is 0 Å². The van der Waals surface area contributed by atoms with Gasteiger partial charge in [-0.25, -0.2) is 0 Å². The van der Waals surface area contributed by atoms with E-state index in [0.29, 0.717) is 6.29 Å². The molecule has 0 aliphatic rings. The van der Waals surface area contributed by atoms with E-state index >= 15 is 0 Å². The first-order valence-electron chi connectivity index (χ1n) is 4.00. The van der Waals surface area contributed by atoms with E-state index in [4.69, 9.17) is 9.47 Å². The predicted octanol–water partition coefficient (Wildman–Crippen LogP) is 1.42. The number of carbonyl (C=O) groups excluding carboxylic acids is 1. The van der Waals surface area contributed by atoms with E-state index in [0.717, 1.165) is 0 Å². The lowest BCUT2D eigenvalue weighted by molar-refractivity contribution is -0.385. The van der Waals surface area contributed by atoms with E-state index in [1.807, 2.05) is 0 Å². The molecule has 1 rings (SSSR count). The van der Waals surface area contributed by atoms with Crippen molar-refractivity contribution >= 4 is 12.0 Å². The molecule has 0 N–H and O–H groups in total. The van der Waals surface area contributed by atoms with Gasteiger partial charge in [-0.1, -0.05) is 0 Å². The summed E-state index contributed by atoms with van der Waals surface area (Å²) in [6, 6.07) is 2.58. The summed E-state index contributed by atoms with van der Waals surface area (Å²) in [5.74, 6) is 0.354. The van der Waals surface area contributed by atoms with Crippen LogP contribution in [0.1, 0.15) is 10.4 Å². The van der Waals surface area contributed by atoms with Crippen LogP contribution in [0.2, 0.25) is 0 Å². The van der Waals surface area contributed by atoms with Crippen LogP contribution in [-0.2, 0) is 0 Å². The Morgan fingerprint density at radius 1 is 1.33 bits per heavy atom. The molecule has 1 aromatic carbocycles. The Balaban J connectivity index is 3.47. The van der Waals surface area contributed by atoms with Crippen LogP contribution in [0.4, 0.5) is 5.69 Å². The van der Waals surface area contributed by atoms with Gasteiger partial charge in [-0.3, -0.25) is 14.9 Å². The molecule has 1 aromatic rings. The topological polar surface area (TPSA) is 78.7 Å². The van der Waals surface area contributed by atoms with E-state index < -0.39 is 4.92 Å². The highest BCUT2D eigenvalue weighted by molar-refractivity contribution is 5.87. The number of aldehydes is 1. The molecule has 80 valence electrons. The average molecular weight is 211 g/mol. The Kier molecular flexibility index (Phi) is 3.22. The third-order valence-corrected chi connectivity index (χ3v) is 1.88. The van der Waals surface area contributed by atoms with Crippen LogP contribution in [0.15, 0.2) is 12.1 Å². The predicted molar refractivity (Wildman–Crippen MR) is 51.6 cm³/mol. The minimum absolute atomic E-state index is 0.0710. The van der Waals surface area contributed by atoms with E-state index in [2.05, 4.69) is 0 Å². The second kappa shape index (κ2) is 4.41. The molecule has 0 unspecified atom stereocenters. The van der Waals surface area contributed by atoms with Crippen molar-refractivity contribution < 1.29 is 19.2 Å². The van der Waals surface area contributed by atoms with Crippen molar-refractivity contribution in [3.05, 3.63) is 27.8 Å². The normalized spacial score (nSPS) is 9.47. The Hall–Kier alpha value is -2.11. The minimum atomic E-state index is -0.647. The highest BCUT2D eigenvalue weighted by Gasteiger charge is 2.21. The Labute approximate surface area is 85.6 Å². The van der Waals surface area contributed by atoms with Crippen molar-refractivity contribution in [2.75, 3.05) is 14.2 Å². The van der Waals surface area contributed by atoms with E-state index in [9.17, 15) is 14.9 Å². The molecular weight excluding hydrogens is 202 g/mol. The molecule has 0 aromatic heterocycles. The van der Waals surface area contributed by atoms with Crippen molar-refractivity contribution in [2.45, 2.75) is 0 Å². The van der Waals surface area contributed by atoms with Gasteiger partial charge in [0.1, 0.15) is 5.56 Å². The third-order valence-electron chi connectivity index (χ3n) is 1.88. The fraction of sp³-hybridized carbons (Fsp3) is 0.222. The minimum Gasteiger partial charge on any atom is -0.493 e. The molecule has 6 nitrogen and oxygen atoms in total. The van der Waals surface area contributed by atoms with Crippen molar-refractivity contribution in [3.8, 4) is 11.5 Å². The SMILES string of the molecule is COc1ccc([N+](=O)[O-])c(C=O)c1OC. The maximum Gasteiger partial charge on any atom is 0.283 e. The fourth-order valence-electron chi connectivity index (χ4n) is 1.21. The summed E-state index contributed by atoms with van der Waals surface area (Å²) in [5.41, 5.74) is -0.426. The molecule has 0 radical (unpaired) electrons. The summed E-state index contributed by atoms with van der Waals surface area (Å²) in [5, 5.41) is 10.6. The molecule has 0 amide bonds. The first-order valence-corrected chi connectivity index (χ1v) is 4.00. The molecule has 0 spiro atoms. The number of hydrogen-bond donors (Lipinski definition) is 0. The number of nitro benzene ring substituents is 1. The van der Waals surface area contributed by atoms with Crippen LogP contribution in [0, 0.1) is 10.1 Å². The van der Waals surface area contributed by atoms with Crippen molar-refractivity contribution in [3.63, 3.8) is 0 Å². The largest absolute Gasteiger partial charge is 0.493 e. The van der Waals surface area contributed by atoms with Crippen LogP contribution in [0.3, 0.4) is 0 Å². The summed E-state index contributed by atoms with van der Waals surface area (Å²) in [4.78, 5) is 20.7. The Bertz CT molecular complexity index is 402. The first-order chi connectivity index (χ1) is 7.15. The quantitative estimate of drug-likeness (QED) is 0.427. The molecule has 0 bridgehead atoms. The maximum atomic E-state index is 10.7. The van der Waals surface area contributed by atoms with Gasteiger partial charge in [0.15, 0.2) is 17.8 Å². The second-order valence-electron chi connectivity index (χ2n) is 2.61. The molecule has 0 aliphatic heterocycles. The van der Waals surface area contributed by atoms with Gasteiger partial charge in [-0.2, -0.15) is 0 Å². The molecule has 0 fully saturated rings. The maximum absolute atomic E-state index is 10.7. The smallest absolute Gasteiger partial charge is 0.283 e. The van der Waals surface area contributed by atoms with Gasteiger partial charge in [0.25, 0.3) is 5.69 Å². The van der Waals surface area contributed by atoms with Gasteiger partial charge in [-0.05, 0) is 6.07 Å². The van der Waals surface area contributed by atoms with Gasteiger partial charge in [-0.15, -0.1) is 0 Å². The van der Waals surface area contributed by atoms with Gasteiger partial charge in [0, 0.05) is 6.07 Å². The average Bonchev–Trinajstić information content (AvgIpc) is 2.26. The zero-order chi connectivity index (χ0) is 11.4. The number of benzene rings is 1. The molecule has 0 saturated heterocycles.